The number of carbonyl (C=O) groups is 1. The van der Waals surface area contributed by atoms with Gasteiger partial charge in [-0.05, 0) is 49.9 Å². The molecule has 0 aliphatic carbocycles. The Morgan fingerprint density at radius 2 is 1.89 bits per heavy atom. The van der Waals surface area contributed by atoms with E-state index >= 15 is 0 Å². The van der Waals surface area contributed by atoms with Crippen LogP contribution in [0.1, 0.15) is 56.0 Å². The highest BCUT2D eigenvalue weighted by Crippen LogP contribution is 2.25. The fraction of sp³-hybridized carbons (Fsp3) is 0.562. The standard InChI is InChI=1S/C14H19NO.C2H6/c1-11(16)12-7-8-14-13(10-12)6-4-3-5-9-15(14)2;1-2/h7-8,10H,3-6,9H2,1-2H3;1-2H3. The molecular formula is C16H25NO. The highest BCUT2D eigenvalue weighted by atomic mass is 16.1. The van der Waals surface area contributed by atoms with Crippen LogP contribution in [0, 0.1) is 0 Å². The van der Waals surface area contributed by atoms with Gasteiger partial charge in [-0.25, -0.2) is 0 Å². The van der Waals surface area contributed by atoms with Gasteiger partial charge in [0, 0.05) is 24.8 Å². The molecule has 1 aromatic carbocycles. The van der Waals surface area contributed by atoms with Crippen LogP contribution in [-0.2, 0) is 6.42 Å². The second-order valence-electron chi connectivity index (χ2n) is 4.63. The number of fused-ring (bicyclic) bond motifs is 1. The van der Waals surface area contributed by atoms with Crippen molar-refractivity contribution in [1.82, 2.24) is 0 Å². The maximum absolute atomic E-state index is 11.4. The number of rotatable bonds is 1. The van der Waals surface area contributed by atoms with E-state index in [-0.39, 0.29) is 5.78 Å². The average Bonchev–Trinajstić information content (AvgIpc) is 2.37. The summed E-state index contributed by atoms with van der Waals surface area (Å²) >= 11 is 0. The van der Waals surface area contributed by atoms with Gasteiger partial charge < -0.3 is 4.90 Å². The molecule has 0 fully saturated rings. The summed E-state index contributed by atoms with van der Waals surface area (Å²) in [5.41, 5.74) is 3.47. The number of carbonyl (C=O) groups excluding carboxylic acids is 1. The van der Waals surface area contributed by atoms with E-state index in [1.54, 1.807) is 6.92 Å². The van der Waals surface area contributed by atoms with Gasteiger partial charge >= 0.3 is 0 Å². The van der Waals surface area contributed by atoms with Gasteiger partial charge in [0.15, 0.2) is 5.78 Å². The first kappa shape index (κ1) is 14.7. The van der Waals surface area contributed by atoms with Gasteiger partial charge in [-0.3, -0.25) is 4.79 Å². The van der Waals surface area contributed by atoms with Crippen molar-refractivity contribution in [3.63, 3.8) is 0 Å². The molecule has 1 heterocycles. The van der Waals surface area contributed by atoms with Gasteiger partial charge in [-0.15, -0.1) is 0 Å². The largest absolute Gasteiger partial charge is 0.374 e. The molecule has 0 unspecified atom stereocenters. The van der Waals surface area contributed by atoms with E-state index in [1.807, 2.05) is 19.9 Å². The number of aryl methyl sites for hydroxylation is 1. The van der Waals surface area contributed by atoms with Crippen LogP contribution in [0.4, 0.5) is 5.69 Å². The van der Waals surface area contributed by atoms with Crippen molar-refractivity contribution >= 4 is 11.5 Å². The minimum atomic E-state index is 0.160. The Labute approximate surface area is 111 Å². The van der Waals surface area contributed by atoms with Crippen LogP contribution >= 0.6 is 0 Å². The predicted molar refractivity (Wildman–Crippen MR) is 78.6 cm³/mol. The van der Waals surface area contributed by atoms with E-state index in [0.717, 1.165) is 18.5 Å². The lowest BCUT2D eigenvalue weighted by molar-refractivity contribution is 0.101. The van der Waals surface area contributed by atoms with Gasteiger partial charge in [0.2, 0.25) is 0 Å². The monoisotopic (exact) mass is 247 g/mol. The molecule has 2 nitrogen and oxygen atoms in total. The molecule has 0 N–H and O–H groups in total. The minimum Gasteiger partial charge on any atom is -0.374 e. The number of hydrogen-bond acceptors (Lipinski definition) is 2. The van der Waals surface area contributed by atoms with Crippen molar-refractivity contribution in [1.29, 1.82) is 0 Å². The summed E-state index contributed by atoms with van der Waals surface area (Å²) in [6.45, 7) is 6.75. The summed E-state index contributed by atoms with van der Waals surface area (Å²) in [5.74, 6) is 0.160. The number of ketones is 1. The topological polar surface area (TPSA) is 20.3 Å². The molecule has 0 saturated carbocycles. The van der Waals surface area contributed by atoms with Gasteiger partial charge in [0.05, 0.1) is 0 Å². The van der Waals surface area contributed by atoms with Crippen LogP contribution in [0.5, 0.6) is 0 Å². The summed E-state index contributed by atoms with van der Waals surface area (Å²) in [6.07, 6.45) is 4.89. The van der Waals surface area contributed by atoms with E-state index in [9.17, 15) is 4.79 Å². The van der Waals surface area contributed by atoms with Crippen molar-refractivity contribution in [2.45, 2.75) is 46.5 Å². The second kappa shape index (κ2) is 7.20. The molecule has 2 heteroatoms. The molecule has 0 spiro atoms. The SMILES string of the molecule is CC.CC(=O)c1ccc2c(c1)CCCCCN2C. The maximum atomic E-state index is 11.4. The molecule has 0 radical (unpaired) electrons. The molecule has 100 valence electrons. The Hall–Kier alpha value is -1.31. The summed E-state index contributed by atoms with van der Waals surface area (Å²) in [5, 5.41) is 0. The average molecular weight is 247 g/mol. The molecule has 0 aromatic heterocycles. The minimum absolute atomic E-state index is 0.160. The van der Waals surface area contributed by atoms with Gasteiger partial charge in [-0.1, -0.05) is 20.3 Å². The van der Waals surface area contributed by atoms with Crippen molar-refractivity contribution < 1.29 is 4.79 Å². The third kappa shape index (κ3) is 3.59. The Morgan fingerprint density at radius 1 is 1.17 bits per heavy atom. The maximum Gasteiger partial charge on any atom is 0.159 e. The highest BCUT2D eigenvalue weighted by molar-refractivity contribution is 5.94. The van der Waals surface area contributed by atoms with Crippen LogP contribution in [0.3, 0.4) is 0 Å². The Morgan fingerprint density at radius 3 is 2.56 bits per heavy atom. The summed E-state index contributed by atoms with van der Waals surface area (Å²) in [7, 11) is 2.14. The van der Waals surface area contributed by atoms with Crippen LogP contribution in [0.15, 0.2) is 18.2 Å². The van der Waals surface area contributed by atoms with Crippen LogP contribution in [0.25, 0.3) is 0 Å². The smallest absolute Gasteiger partial charge is 0.159 e. The Balaban J connectivity index is 0.000000771. The van der Waals surface area contributed by atoms with Crippen molar-refractivity contribution in [3.8, 4) is 0 Å². The molecule has 1 aromatic rings. The van der Waals surface area contributed by atoms with Crippen LogP contribution in [0.2, 0.25) is 0 Å². The molecule has 1 aliphatic heterocycles. The van der Waals surface area contributed by atoms with Crippen LogP contribution in [-0.4, -0.2) is 19.4 Å². The number of Topliss-reactive ketones (excluding diaryl/α,β-unsaturated/α-hetero) is 1. The molecule has 1 aliphatic rings. The fourth-order valence-corrected chi connectivity index (χ4v) is 2.34. The zero-order valence-electron chi connectivity index (χ0n) is 12.1. The van der Waals surface area contributed by atoms with E-state index < -0.39 is 0 Å². The zero-order valence-corrected chi connectivity index (χ0v) is 12.1. The number of hydrogen-bond donors (Lipinski definition) is 0. The zero-order chi connectivity index (χ0) is 13.5. The van der Waals surface area contributed by atoms with Crippen molar-refractivity contribution in [2.24, 2.45) is 0 Å². The molecule has 0 atom stereocenters. The van der Waals surface area contributed by atoms with Crippen LogP contribution < -0.4 is 4.90 Å². The van der Waals surface area contributed by atoms with Gasteiger partial charge in [-0.2, -0.15) is 0 Å². The highest BCUT2D eigenvalue weighted by Gasteiger charge is 2.12. The number of nitrogens with zero attached hydrogens (tertiary/aromatic N) is 1. The lowest BCUT2D eigenvalue weighted by atomic mass is 9.98. The first-order chi connectivity index (χ1) is 8.68. The number of benzene rings is 1. The van der Waals surface area contributed by atoms with Crippen molar-refractivity contribution in [3.05, 3.63) is 29.3 Å². The number of anilines is 1. The predicted octanol–water partition coefficient (Wildman–Crippen LogP) is 4.08. The first-order valence-electron chi connectivity index (χ1n) is 7.03. The summed E-state index contributed by atoms with van der Waals surface area (Å²) in [4.78, 5) is 13.7. The molecular weight excluding hydrogens is 222 g/mol. The fourth-order valence-electron chi connectivity index (χ4n) is 2.34. The third-order valence-corrected chi connectivity index (χ3v) is 3.34. The summed E-state index contributed by atoms with van der Waals surface area (Å²) < 4.78 is 0. The van der Waals surface area contributed by atoms with E-state index in [1.165, 1.54) is 30.5 Å². The summed E-state index contributed by atoms with van der Waals surface area (Å²) in [6, 6.07) is 6.11. The molecule has 0 amide bonds. The van der Waals surface area contributed by atoms with Crippen molar-refractivity contribution in [2.75, 3.05) is 18.5 Å². The Bertz CT molecular complexity index is 398. The van der Waals surface area contributed by atoms with Gasteiger partial charge in [0.1, 0.15) is 0 Å². The third-order valence-electron chi connectivity index (χ3n) is 3.34. The molecule has 0 saturated heterocycles. The quantitative estimate of drug-likeness (QED) is 0.697. The lowest BCUT2D eigenvalue weighted by Crippen LogP contribution is -2.21. The molecule has 2 rings (SSSR count). The normalized spacial score (nSPS) is 14.8. The lowest BCUT2D eigenvalue weighted by Gasteiger charge is -2.25. The second-order valence-corrected chi connectivity index (χ2v) is 4.63. The first-order valence-corrected chi connectivity index (χ1v) is 7.03. The van der Waals surface area contributed by atoms with Gasteiger partial charge in [0.25, 0.3) is 0 Å². The van der Waals surface area contributed by atoms with E-state index in [2.05, 4.69) is 24.1 Å². The van der Waals surface area contributed by atoms with E-state index in [0.29, 0.717) is 0 Å². The molecule has 0 bridgehead atoms. The molecule has 18 heavy (non-hydrogen) atoms. The Kier molecular flexibility index (Phi) is 5.90. The van der Waals surface area contributed by atoms with E-state index in [4.69, 9.17) is 0 Å².